The average Bonchev–Trinajstić information content (AvgIpc) is 3.07. The van der Waals surface area contributed by atoms with Crippen LogP contribution in [0.1, 0.15) is 0 Å². The number of nitrogens with one attached hydrogen (secondary N) is 2. The van der Waals surface area contributed by atoms with Crippen molar-refractivity contribution < 1.29 is 18.1 Å². The predicted molar refractivity (Wildman–Crippen MR) is 92.4 cm³/mol. The number of ether oxygens (including phenoxy) is 1. The number of nitro groups is 1. The highest BCUT2D eigenvalue weighted by Gasteiger charge is 2.22. The lowest BCUT2D eigenvalue weighted by Crippen LogP contribution is -2.16. The Labute approximate surface area is 151 Å². The zero-order valence-electron chi connectivity index (χ0n) is 13.7. The van der Waals surface area contributed by atoms with Crippen molar-refractivity contribution in [2.45, 2.75) is 4.90 Å². The van der Waals surface area contributed by atoms with E-state index >= 15 is 0 Å². The molecular formula is C14H12N6O6S. The zero-order chi connectivity index (χ0) is 19.6. The first-order chi connectivity index (χ1) is 12.8. The third-order valence-electron chi connectivity index (χ3n) is 3.49. The van der Waals surface area contributed by atoms with Crippen LogP contribution in [0.5, 0.6) is 5.75 Å². The number of sulfonamides is 1. The molecule has 3 aromatic rings. The smallest absolute Gasteiger partial charge is 0.365 e. The van der Waals surface area contributed by atoms with Crippen molar-refractivity contribution in [1.29, 1.82) is 0 Å². The number of nitrogens with zero attached hydrogens (tertiary/aromatic N) is 4. The molecule has 0 spiro atoms. The highest BCUT2D eigenvalue weighted by atomic mass is 32.2. The number of nitro benzene ring substituents is 1. The Morgan fingerprint density at radius 2 is 1.93 bits per heavy atom. The van der Waals surface area contributed by atoms with Gasteiger partial charge >= 0.3 is 11.4 Å². The van der Waals surface area contributed by atoms with Crippen LogP contribution in [0.3, 0.4) is 0 Å². The number of tetrazole rings is 1. The van der Waals surface area contributed by atoms with Gasteiger partial charge in [0.1, 0.15) is 0 Å². The molecular weight excluding hydrogens is 380 g/mol. The van der Waals surface area contributed by atoms with Crippen LogP contribution in [0.4, 0.5) is 11.4 Å². The molecule has 0 radical (unpaired) electrons. The van der Waals surface area contributed by atoms with E-state index in [4.69, 9.17) is 4.74 Å². The van der Waals surface area contributed by atoms with Gasteiger partial charge in [0.2, 0.25) is 0 Å². The maximum atomic E-state index is 12.5. The molecule has 2 N–H and O–H groups in total. The summed E-state index contributed by atoms with van der Waals surface area (Å²) in [6.45, 7) is 0. The molecule has 0 amide bonds. The molecule has 0 unspecified atom stereocenters. The fraction of sp³-hybridized carbons (Fsp3) is 0.0714. The van der Waals surface area contributed by atoms with Gasteiger partial charge < -0.3 is 4.74 Å². The molecule has 0 saturated heterocycles. The lowest BCUT2D eigenvalue weighted by atomic mass is 10.3. The molecule has 0 aliphatic carbocycles. The van der Waals surface area contributed by atoms with Gasteiger partial charge in [-0.15, -0.1) is 0 Å². The summed E-state index contributed by atoms with van der Waals surface area (Å²) in [6.07, 6.45) is 0. The van der Waals surface area contributed by atoms with Crippen LogP contribution in [0.25, 0.3) is 5.69 Å². The summed E-state index contributed by atoms with van der Waals surface area (Å²) < 4.78 is 33.1. The van der Waals surface area contributed by atoms with E-state index in [1.807, 2.05) is 0 Å². The van der Waals surface area contributed by atoms with E-state index in [9.17, 15) is 23.3 Å². The van der Waals surface area contributed by atoms with Crippen molar-refractivity contribution in [3.05, 3.63) is 63.1 Å². The number of hydrogen-bond acceptors (Lipinski definition) is 8. The third-order valence-corrected chi connectivity index (χ3v) is 4.87. The molecule has 3 rings (SSSR count). The van der Waals surface area contributed by atoms with Crippen molar-refractivity contribution in [2.75, 3.05) is 11.8 Å². The highest BCUT2D eigenvalue weighted by Crippen LogP contribution is 2.30. The maximum absolute atomic E-state index is 12.5. The fourth-order valence-corrected chi connectivity index (χ4v) is 3.31. The Kier molecular flexibility index (Phi) is 4.60. The monoisotopic (exact) mass is 392 g/mol. The molecule has 1 aromatic heterocycles. The minimum absolute atomic E-state index is 0.0543. The third kappa shape index (κ3) is 3.62. The van der Waals surface area contributed by atoms with Crippen LogP contribution in [0.2, 0.25) is 0 Å². The van der Waals surface area contributed by atoms with E-state index in [0.717, 1.165) is 10.7 Å². The Morgan fingerprint density at radius 1 is 1.22 bits per heavy atom. The number of anilines is 1. The molecule has 0 bridgehead atoms. The standard InChI is InChI=1S/C14H12N6O6S/c1-26-13-7-6-11(8-12(13)20(22)23)27(24,25)16-9-2-4-10(5-3-9)19-14(21)15-17-18-19/h2-8,16H,1H3,(H,15,18,21). The first-order valence-electron chi connectivity index (χ1n) is 7.28. The normalized spacial score (nSPS) is 11.1. The number of H-pyrrole nitrogens is 1. The summed E-state index contributed by atoms with van der Waals surface area (Å²) in [5.41, 5.74) is -0.458. The summed E-state index contributed by atoms with van der Waals surface area (Å²) in [5, 5.41) is 20.1. The van der Waals surface area contributed by atoms with Gasteiger partial charge in [-0.3, -0.25) is 14.8 Å². The molecule has 27 heavy (non-hydrogen) atoms. The minimum Gasteiger partial charge on any atom is -0.490 e. The summed E-state index contributed by atoms with van der Waals surface area (Å²) in [6, 6.07) is 9.03. The second-order valence-corrected chi connectivity index (χ2v) is 6.84. The molecule has 0 aliphatic heterocycles. The molecule has 0 saturated carbocycles. The number of methoxy groups -OCH3 is 1. The number of benzene rings is 2. The summed E-state index contributed by atoms with van der Waals surface area (Å²) in [7, 11) is -2.84. The molecule has 0 fully saturated rings. The topological polar surface area (TPSA) is 162 Å². The Hall–Kier alpha value is -3.74. The molecule has 1 heterocycles. The largest absolute Gasteiger partial charge is 0.490 e. The van der Waals surface area contributed by atoms with E-state index in [-0.39, 0.29) is 16.3 Å². The van der Waals surface area contributed by atoms with Crippen molar-refractivity contribution in [3.8, 4) is 11.4 Å². The van der Waals surface area contributed by atoms with Crippen molar-refractivity contribution in [3.63, 3.8) is 0 Å². The Bertz CT molecular complexity index is 1150. The van der Waals surface area contributed by atoms with E-state index in [0.29, 0.717) is 5.69 Å². The van der Waals surface area contributed by atoms with Crippen LogP contribution in [0, 0.1) is 10.1 Å². The molecule has 0 aliphatic rings. The van der Waals surface area contributed by atoms with Gasteiger partial charge in [0.15, 0.2) is 5.75 Å². The second-order valence-electron chi connectivity index (χ2n) is 5.16. The van der Waals surface area contributed by atoms with E-state index in [1.165, 1.54) is 43.5 Å². The van der Waals surface area contributed by atoms with Crippen LogP contribution >= 0.6 is 0 Å². The molecule has 2 aromatic carbocycles. The van der Waals surface area contributed by atoms with Crippen LogP contribution in [0.15, 0.2) is 52.2 Å². The second kappa shape index (κ2) is 6.87. The minimum atomic E-state index is -4.08. The summed E-state index contributed by atoms with van der Waals surface area (Å²) in [5.74, 6) is -0.0543. The first kappa shape index (κ1) is 18.1. The molecule has 0 atom stereocenters. The summed E-state index contributed by atoms with van der Waals surface area (Å²) in [4.78, 5) is 21.5. The molecule has 13 heteroatoms. The SMILES string of the molecule is COc1ccc(S(=O)(=O)Nc2ccc(-n3nn[nH]c3=O)cc2)cc1[N+](=O)[O-]. The molecule has 12 nitrogen and oxygen atoms in total. The lowest BCUT2D eigenvalue weighted by Gasteiger charge is -2.09. The highest BCUT2D eigenvalue weighted by molar-refractivity contribution is 7.92. The van der Waals surface area contributed by atoms with E-state index < -0.39 is 26.3 Å². The number of rotatable bonds is 6. The average molecular weight is 392 g/mol. The Balaban J connectivity index is 1.89. The predicted octanol–water partition coefficient (Wildman–Crippen LogP) is 0.673. The van der Waals surface area contributed by atoms with Crippen molar-refractivity contribution >= 4 is 21.4 Å². The van der Waals surface area contributed by atoms with Gasteiger partial charge in [-0.2, -0.15) is 4.68 Å². The van der Waals surface area contributed by atoms with E-state index in [1.54, 1.807) is 0 Å². The van der Waals surface area contributed by atoms with Gasteiger partial charge in [0.05, 0.1) is 22.6 Å². The fourth-order valence-electron chi connectivity index (χ4n) is 2.23. The van der Waals surface area contributed by atoms with Gasteiger partial charge in [0.25, 0.3) is 10.0 Å². The van der Waals surface area contributed by atoms with Crippen LogP contribution in [-0.2, 0) is 10.0 Å². The van der Waals surface area contributed by atoms with Crippen LogP contribution in [-0.4, -0.2) is 40.7 Å². The first-order valence-corrected chi connectivity index (χ1v) is 8.76. The summed E-state index contributed by atoms with van der Waals surface area (Å²) >= 11 is 0. The van der Waals surface area contributed by atoms with Gasteiger partial charge in [0, 0.05) is 11.8 Å². The quantitative estimate of drug-likeness (QED) is 0.457. The lowest BCUT2D eigenvalue weighted by molar-refractivity contribution is -0.386. The zero-order valence-corrected chi connectivity index (χ0v) is 14.5. The molecule has 140 valence electrons. The van der Waals surface area contributed by atoms with Crippen LogP contribution < -0.4 is 15.1 Å². The number of aromatic nitrogens is 4. The van der Waals surface area contributed by atoms with Crippen molar-refractivity contribution in [2.24, 2.45) is 0 Å². The Morgan fingerprint density at radius 3 is 2.48 bits per heavy atom. The van der Waals surface area contributed by atoms with Gasteiger partial charge in [-0.1, -0.05) is 0 Å². The van der Waals surface area contributed by atoms with E-state index in [2.05, 4.69) is 20.2 Å². The number of aromatic amines is 1. The maximum Gasteiger partial charge on any atom is 0.365 e. The van der Waals surface area contributed by atoms with Gasteiger partial charge in [-0.05, 0) is 46.8 Å². The number of hydrogen-bond donors (Lipinski definition) is 2. The van der Waals surface area contributed by atoms with Gasteiger partial charge in [-0.25, -0.2) is 18.3 Å². The van der Waals surface area contributed by atoms with Crippen molar-refractivity contribution in [1.82, 2.24) is 20.2 Å².